The molecule has 2 N–H and O–H groups in total. The van der Waals surface area contributed by atoms with Crippen LogP contribution in [0.2, 0.25) is 0 Å². The molecular weight excluding hydrogens is 232 g/mol. The Morgan fingerprint density at radius 1 is 1.17 bits per heavy atom. The number of nitrogens with two attached hydrogens (primary N) is 1. The lowest BCUT2D eigenvalue weighted by atomic mass is 10.2. The van der Waals surface area contributed by atoms with E-state index in [9.17, 15) is 0 Å². The number of nitriles is 1. The number of ether oxygens (including phenoxy) is 2. The van der Waals surface area contributed by atoms with Crippen molar-refractivity contribution in [3.05, 3.63) is 36.2 Å². The van der Waals surface area contributed by atoms with Crippen molar-refractivity contribution >= 4 is 5.82 Å². The van der Waals surface area contributed by atoms with E-state index in [0.29, 0.717) is 28.8 Å². The zero-order valence-electron chi connectivity index (χ0n) is 9.62. The third-order valence-corrected chi connectivity index (χ3v) is 2.12. The standard InChI is InChI=1S/C12H10N4O2/c1-17-9-2-8(5-13)3-10(4-9)18-12-7-15-11(14)6-16-12/h2-4,6-7H,1H3,(H2,14,15). The number of benzene rings is 1. The van der Waals surface area contributed by atoms with Crippen LogP contribution < -0.4 is 15.2 Å². The first-order valence-corrected chi connectivity index (χ1v) is 5.06. The van der Waals surface area contributed by atoms with E-state index in [1.165, 1.54) is 19.5 Å². The lowest BCUT2D eigenvalue weighted by Crippen LogP contribution is -1.94. The summed E-state index contributed by atoms with van der Waals surface area (Å²) in [5.74, 6) is 1.59. The molecule has 0 aliphatic heterocycles. The van der Waals surface area contributed by atoms with Gasteiger partial charge < -0.3 is 15.2 Å². The first-order chi connectivity index (χ1) is 8.71. The SMILES string of the molecule is COc1cc(C#N)cc(Oc2cnc(N)cn2)c1. The van der Waals surface area contributed by atoms with Gasteiger partial charge in [0.1, 0.15) is 17.3 Å². The van der Waals surface area contributed by atoms with Gasteiger partial charge in [0, 0.05) is 6.07 Å². The summed E-state index contributed by atoms with van der Waals surface area (Å²) in [6.45, 7) is 0. The third kappa shape index (κ3) is 2.65. The molecule has 0 radical (unpaired) electrons. The molecule has 2 aromatic rings. The Hall–Kier alpha value is -2.81. The summed E-state index contributed by atoms with van der Waals surface area (Å²) < 4.78 is 10.5. The quantitative estimate of drug-likeness (QED) is 0.880. The minimum atomic E-state index is 0.293. The van der Waals surface area contributed by atoms with Crippen molar-refractivity contribution in [2.75, 3.05) is 12.8 Å². The second-order valence-electron chi connectivity index (χ2n) is 3.39. The van der Waals surface area contributed by atoms with Gasteiger partial charge in [-0.3, -0.25) is 0 Å². The van der Waals surface area contributed by atoms with E-state index in [1.54, 1.807) is 18.2 Å². The van der Waals surface area contributed by atoms with Gasteiger partial charge >= 0.3 is 0 Å². The molecule has 6 heteroatoms. The van der Waals surface area contributed by atoms with Crippen LogP contribution in [0, 0.1) is 11.3 Å². The number of hydrogen-bond acceptors (Lipinski definition) is 6. The van der Waals surface area contributed by atoms with Crippen LogP contribution in [0.25, 0.3) is 0 Å². The van der Waals surface area contributed by atoms with Gasteiger partial charge in [-0.2, -0.15) is 5.26 Å². The summed E-state index contributed by atoms with van der Waals surface area (Å²) in [7, 11) is 1.52. The molecule has 0 bridgehead atoms. The Bertz CT molecular complexity index is 590. The molecule has 0 aliphatic carbocycles. The molecule has 90 valence electrons. The number of hydrogen-bond donors (Lipinski definition) is 1. The second-order valence-corrected chi connectivity index (χ2v) is 3.39. The number of nitrogen functional groups attached to an aromatic ring is 1. The van der Waals surface area contributed by atoms with Crippen LogP contribution in [0.5, 0.6) is 17.4 Å². The highest BCUT2D eigenvalue weighted by Gasteiger charge is 2.04. The van der Waals surface area contributed by atoms with Gasteiger partial charge in [0.2, 0.25) is 5.88 Å². The van der Waals surface area contributed by atoms with Crippen molar-refractivity contribution < 1.29 is 9.47 Å². The van der Waals surface area contributed by atoms with Gasteiger partial charge in [0.05, 0.1) is 31.1 Å². The molecule has 0 saturated carbocycles. The molecule has 0 unspecified atom stereocenters. The molecule has 6 nitrogen and oxygen atoms in total. The fraction of sp³-hybridized carbons (Fsp3) is 0.0833. The average molecular weight is 242 g/mol. The highest BCUT2D eigenvalue weighted by Crippen LogP contribution is 2.25. The van der Waals surface area contributed by atoms with E-state index in [-0.39, 0.29) is 0 Å². The van der Waals surface area contributed by atoms with Gasteiger partial charge in [-0.25, -0.2) is 9.97 Å². The topological polar surface area (TPSA) is 94.0 Å². The molecule has 0 aliphatic rings. The maximum absolute atomic E-state index is 8.88. The van der Waals surface area contributed by atoms with Gasteiger partial charge in [-0.05, 0) is 12.1 Å². The monoisotopic (exact) mass is 242 g/mol. The molecule has 0 amide bonds. The predicted octanol–water partition coefficient (Wildman–Crippen LogP) is 1.73. The van der Waals surface area contributed by atoms with Crippen LogP contribution >= 0.6 is 0 Å². The van der Waals surface area contributed by atoms with Gasteiger partial charge in [0.25, 0.3) is 0 Å². The Labute approximate surface area is 104 Å². The molecule has 0 spiro atoms. The Morgan fingerprint density at radius 2 is 1.94 bits per heavy atom. The maximum atomic E-state index is 8.88. The molecule has 1 aromatic heterocycles. The summed E-state index contributed by atoms with van der Waals surface area (Å²) in [6.07, 6.45) is 2.79. The van der Waals surface area contributed by atoms with E-state index in [0.717, 1.165) is 0 Å². The first-order valence-electron chi connectivity index (χ1n) is 5.06. The van der Waals surface area contributed by atoms with Crippen LogP contribution in [0.1, 0.15) is 5.56 Å². The number of rotatable bonds is 3. The highest BCUT2D eigenvalue weighted by molar-refractivity contribution is 5.44. The molecule has 0 saturated heterocycles. The number of nitrogens with zero attached hydrogens (tertiary/aromatic N) is 3. The van der Waals surface area contributed by atoms with Crippen molar-refractivity contribution in [3.8, 4) is 23.4 Å². The minimum absolute atomic E-state index is 0.293. The fourth-order valence-corrected chi connectivity index (χ4v) is 1.31. The number of anilines is 1. The second kappa shape index (κ2) is 5.01. The van der Waals surface area contributed by atoms with Crippen LogP contribution in [0.15, 0.2) is 30.6 Å². The molecule has 18 heavy (non-hydrogen) atoms. The van der Waals surface area contributed by atoms with Crippen LogP contribution in [0.3, 0.4) is 0 Å². The summed E-state index contributed by atoms with van der Waals surface area (Å²) >= 11 is 0. The Kier molecular flexibility index (Phi) is 3.25. The third-order valence-electron chi connectivity index (χ3n) is 2.12. The molecule has 1 heterocycles. The van der Waals surface area contributed by atoms with E-state index in [1.807, 2.05) is 6.07 Å². The number of aromatic nitrogens is 2. The summed E-state index contributed by atoms with van der Waals surface area (Å²) in [4.78, 5) is 7.81. The molecule has 1 aromatic carbocycles. The van der Waals surface area contributed by atoms with E-state index < -0.39 is 0 Å². The molecule has 2 rings (SSSR count). The maximum Gasteiger partial charge on any atom is 0.237 e. The van der Waals surface area contributed by atoms with Crippen molar-refractivity contribution in [1.29, 1.82) is 5.26 Å². The van der Waals surface area contributed by atoms with Gasteiger partial charge in [-0.1, -0.05) is 0 Å². The van der Waals surface area contributed by atoms with E-state index in [4.69, 9.17) is 20.5 Å². The first kappa shape index (κ1) is 11.7. The normalized spacial score (nSPS) is 9.56. The summed E-state index contributed by atoms with van der Waals surface area (Å²) in [6, 6.07) is 6.87. The van der Waals surface area contributed by atoms with Crippen LogP contribution in [-0.2, 0) is 0 Å². The zero-order valence-corrected chi connectivity index (χ0v) is 9.62. The molecular formula is C12H10N4O2. The Morgan fingerprint density at radius 3 is 2.56 bits per heavy atom. The Balaban J connectivity index is 2.28. The number of methoxy groups -OCH3 is 1. The largest absolute Gasteiger partial charge is 0.497 e. The van der Waals surface area contributed by atoms with Crippen molar-refractivity contribution in [3.63, 3.8) is 0 Å². The fourth-order valence-electron chi connectivity index (χ4n) is 1.31. The van der Waals surface area contributed by atoms with E-state index in [2.05, 4.69) is 9.97 Å². The van der Waals surface area contributed by atoms with Crippen molar-refractivity contribution in [2.45, 2.75) is 0 Å². The highest BCUT2D eigenvalue weighted by atomic mass is 16.5. The molecule has 0 fully saturated rings. The van der Waals surface area contributed by atoms with Crippen LogP contribution in [-0.4, -0.2) is 17.1 Å². The van der Waals surface area contributed by atoms with E-state index >= 15 is 0 Å². The molecule has 0 atom stereocenters. The van der Waals surface area contributed by atoms with Crippen LogP contribution in [0.4, 0.5) is 5.82 Å². The van der Waals surface area contributed by atoms with Crippen molar-refractivity contribution in [1.82, 2.24) is 9.97 Å². The smallest absolute Gasteiger partial charge is 0.237 e. The minimum Gasteiger partial charge on any atom is -0.497 e. The van der Waals surface area contributed by atoms with Gasteiger partial charge in [0.15, 0.2) is 0 Å². The van der Waals surface area contributed by atoms with Crippen molar-refractivity contribution in [2.24, 2.45) is 0 Å². The zero-order chi connectivity index (χ0) is 13.0. The van der Waals surface area contributed by atoms with Gasteiger partial charge in [-0.15, -0.1) is 0 Å². The lowest BCUT2D eigenvalue weighted by Gasteiger charge is -2.07. The summed E-state index contributed by atoms with van der Waals surface area (Å²) in [5.41, 5.74) is 5.86. The average Bonchev–Trinajstić information content (AvgIpc) is 2.41. The summed E-state index contributed by atoms with van der Waals surface area (Å²) in [5, 5.41) is 8.88. The predicted molar refractivity (Wildman–Crippen MR) is 64.2 cm³/mol. The lowest BCUT2D eigenvalue weighted by molar-refractivity contribution is 0.407.